The van der Waals surface area contributed by atoms with Gasteiger partial charge in [0.1, 0.15) is 0 Å². The lowest BCUT2D eigenvalue weighted by Crippen LogP contribution is -2.15. The van der Waals surface area contributed by atoms with Crippen LogP contribution in [0.3, 0.4) is 0 Å². The van der Waals surface area contributed by atoms with Crippen molar-refractivity contribution in [2.24, 2.45) is 11.8 Å². The van der Waals surface area contributed by atoms with Crippen LogP contribution in [0.2, 0.25) is 0 Å². The van der Waals surface area contributed by atoms with Gasteiger partial charge in [-0.3, -0.25) is 9.59 Å². The minimum atomic E-state index is 0.255. The van der Waals surface area contributed by atoms with E-state index < -0.39 is 0 Å². The summed E-state index contributed by atoms with van der Waals surface area (Å²) in [5.41, 5.74) is 0. The Morgan fingerprint density at radius 1 is 0.722 bits per heavy atom. The largest absolute Gasteiger partial charge is 0.295 e. The molecule has 0 radical (unpaired) electrons. The Morgan fingerprint density at radius 3 is 1.61 bits per heavy atom. The molecule has 0 unspecified atom stereocenters. The van der Waals surface area contributed by atoms with E-state index in [0.29, 0.717) is 24.7 Å². The quantitative estimate of drug-likeness (QED) is 0.708. The van der Waals surface area contributed by atoms with Gasteiger partial charge in [0.2, 0.25) is 0 Å². The molecule has 0 saturated carbocycles. The highest BCUT2D eigenvalue weighted by atomic mass is 16.1. The number of carbonyl (C=O) groups is 2. The van der Waals surface area contributed by atoms with E-state index in [4.69, 9.17) is 0 Å². The Labute approximate surface area is 109 Å². The highest BCUT2D eigenvalue weighted by Crippen LogP contribution is 2.29. The van der Waals surface area contributed by atoms with E-state index in [1.165, 1.54) is 0 Å². The molecule has 2 heteroatoms. The SMILES string of the molecule is O=C1/C=C\[C@@H]([C@@H]2/C=C\C(=O)CCCC2)CCCC1. The van der Waals surface area contributed by atoms with Crippen LogP contribution in [0.5, 0.6) is 0 Å². The van der Waals surface area contributed by atoms with Crippen LogP contribution < -0.4 is 0 Å². The first-order valence-electron chi connectivity index (χ1n) is 7.18. The van der Waals surface area contributed by atoms with Crippen LogP contribution in [0.15, 0.2) is 24.3 Å². The first-order valence-corrected chi connectivity index (χ1v) is 7.18. The molecule has 2 atom stereocenters. The Balaban J connectivity index is 2.07. The van der Waals surface area contributed by atoms with Crippen molar-refractivity contribution in [1.29, 1.82) is 0 Å². The highest BCUT2D eigenvalue weighted by Gasteiger charge is 2.19. The summed E-state index contributed by atoms with van der Waals surface area (Å²) in [6, 6.07) is 0. The van der Waals surface area contributed by atoms with Gasteiger partial charge in [-0.2, -0.15) is 0 Å². The van der Waals surface area contributed by atoms with Gasteiger partial charge in [0.15, 0.2) is 11.6 Å². The maximum Gasteiger partial charge on any atom is 0.155 e. The van der Waals surface area contributed by atoms with Crippen LogP contribution in [0, 0.1) is 11.8 Å². The molecule has 0 heterocycles. The zero-order valence-corrected chi connectivity index (χ0v) is 10.9. The van der Waals surface area contributed by atoms with Crippen LogP contribution >= 0.6 is 0 Å². The zero-order valence-electron chi connectivity index (χ0n) is 10.9. The van der Waals surface area contributed by atoms with E-state index >= 15 is 0 Å². The molecule has 2 rings (SSSR count). The summed E-state index contributed by atoms with van der Waals surface area (Å²) < 4.78 is 0. The van der Waals surface area contributed by atoms with Gasteiger partial charge in [-0.1, -0.05) is 25.0 Å². The van der Waals surface area contributed by atoms with Crippen LogP contribution in [0.25, 0.3) is 0 Å². The van der Waals surface area contributed by atoms with E-state index in [1.807, 2.05) is 0 Å². The molecule has 18 heavy (non-hydrogen) atoms. The Hall–Kier alpha value is -1.18. The summed E-state index contributed by atoms with van der Waals surface area (Å²) in [6.07, 6.45) is 15.6. The summed E-state index contributed by atoms with van der Waals surface area (Å²) in [4.78, 5) is 23.0. The number of rotatable bonds is 1. The van der Waals surface area contributed by atoms with Crippen molar-refractivity contribution < 1.29 is 9.59 Å². The fourth-order valence-electron chi connectivity index (χ4n) is 2.89. The molecule has 0 aromatic heterocycles. The van der Waals surface area contributed by atoms with Gasteiger partial charge < -0.3 is 0 Å². The Bertz CT molecular complexity index is 329. The summed E-state index contributed by atoms with van der Waals surface area (Å²) in [7, 11) is 0. The number of allylic oxidation sites excluding steroid dienone is 4. The van der Waals surface area contributed by atoms with Gasteiger partial charge in [0.05, 0.1) is 0 Å². The molecule has 2 nitrogen and oxygen atoms in total. The van der Waals surface area contributed by atoms with Gasteiger partial charge in [0.25, 0.3) is 0 Å². The van der Waals surface area contributed by atoms with E-state index in [2.05, 4.69) is 12.2 Å². The minimum absolute atomic E-state index is 0.255. The molecule has 0 aliphatic heterocycles. The Kier molecular flexibility index (Phi) is 4.91. The number of carbonyl (C=O) groups excluding carboxylic acids is 2. The van der Waals surface area contributed by atoms with Crippen LogP contribution in [0.1, 0.15) is 51.4 Å². The van der Waals surface area contributed by atoms with Gasteiger partial charge in [-0.25, -0.2) is 0 Å². The third-order valence-corrected chi connectivity index (χ3v) is 4.03. The third-order valence-electron chi connectivity index (χ3n) is 4.03. The van der Waals surface area contributed by atoms with Crippen LogP contribution in [-0.2, 0) is 9.59 Å². The molecule has 0 fully saturated rings. The van der Waals surface area contributed by atoms with Gasteiger partial charge in [-0.05, 0) is 49.7 Å². The van der Waals surface area contributed by atoms with Crippen molar-refractivity contribution >= 4 is 11.6 Å². The molecule has 0 saturated heterocycles. The summed E-state index contributed by atoms with van der Waals surface area (Å²) in [5.74, 6) is 1.39. The molecule has 0 N–H and O–H groups in total. The first kappa shape index (κ1) is 13.3. The molecule has 0 spiro atoms. The van der Waals surface area contributed by atoms with Crippen molar-refractivity contribution in [3.05, 3.63) is 24.3 Å². The van der Waals surface area contributed by atoms with Crippen molar-refractivity contribution in [2.45, 2.75) is 51.4 Å². The number of hydrogen-bond acceptors (Lipinski definition) is 2. The monoisotopic (exact) mass is 246 g/mol. The second kappa shape index (κ2) is 6.67. The topological polar surface area (TPSA) is 34.1 Å². The molecular formula is C16H22O2. The lowest BCUT2D eigenvalue weighted by Gasteiger charge is -2.24. The smallest absolute Gasteiger partial charge is 0.155 e. The fourth-order valence-corrected chi connectivity index (χ4v) is 2.89. The molecule has 98 valence electrons. The summed E-state index contributed by atoms with van der Waals surface area (Å²) >= 11 is 0. The minimum Gasteiger partial charge on any atom is -0.295 e. The van der Waals surface area contributed by atoms with Crippen molar-refractivity contribution in [1.82, 2.24) is 0 Å². The summed E-state index contributed by atoms with van der Waals surface area (Å²) in [6.45, 7) is 0. The third kappa shape index (κ3) is 3.94. The number of hydrogen-bond donors (Lipinski definition) is 0. The second-order valence-corrected chi connectivity index (χ2v) is 5.47. The normalized spacial score (nSPS) is 34.0. The average molecular weight is 246 g/mol. The lowest BCUT2D eigenvalue weighted by atomic mass is 9.81. The van der Waals surface area contributed by atoms with Crippen LogP contribution in [-0.4, -0.2) is 11.6 Å². The summed E-state index contributed by atoms with van der Waals surface area (Å²) in [5, 5.41) is 0. The molecule has 2 aliphatic carbocycles. The van der Waals surface area contributed by atoms with E-state index in [0.717, 1.165) is 38.5 Å². The second-order valence-electron chi connectivity index (χ2n) is 5.47. The fraction of sp³-hybridized carbons (Fsp3) is 0.625. The molecule has 0 bridgehead atoms. The van der Waals surface area contributed by atoms with Crippen molar-refractivity contribution in [3.8, 4) is 0 Å². The molecule has 2 aliphatic rings. The van der Waals surface area contributed by atoms with E-state index in [-0.39, 0.29) is 11.6 Å². The highest BCUT2D eigenvalue weighted by molar-refractivity contribution is 5.90. The standard InChI is InChI=1S/C16H22O2/c17-15-7-3-1-5-13(9-11-15)14-6-2-4-8-16(18)12-10-14/h9-14H,1-8H2/b11-9-,12-10-/t13-,14-/m0/s1. The predicted octanol–water partition coefficient (Wildman–Crippen LogP) is 3.62. The Morgan fingerprint density at radius 2 is 1.17 bits per heavy atom. The van der Waals surface area contributed by atoms with Gasteiger partial charge >= 0.3 is 0 Å². The first-order chi connectivity index (χ1) is 8.75. The van der Waals surface area contributed by atoms with Gasteiger partial charge in [0, 0.05) is 12.8 Å². The van der Waals surface area contributed by atoms with Crippen molar-refractivity contribution in [3.63, 3.8) is 0 Å². The van der Waals surface area contributed by atoms with E-state index in [9.17, 15) is 9.59 Å². The molecular weight excluding hydrogens is 224 g/mol. The van der Waals surface area contributed by atoms with Crippen LogP contribution in [0.4, 0.5) is 0 Å². The maximum atomic E-state index is 11.5. The molecule has 0 amide bonds. The molecule has 0 aromatic rings. The van der Waals surface area contributed by atoms with E-state index in [1.54, 1.807) is 12.2 Å². The predicted molar refractivity (Wildman–Crippen MR) is 72.2 cm³/mol. The lowest BCUT2D eigenvalue weighted by molar-refractivity contribution is -0.115. The van der Waals surface area contributed by atoms with Gasteiger partial charge in [-0.15, -0.1) is 0 Å². The molecule has 0 aromatic carbocycles. The maximum absolute atomic E-state index is 11.5. The number of ketones is 2. The zero-order chi connectivity index (χ0) is 12.8. The average Bonchev–Trinajstić information content (AvgIpc) is 2.31. The van der Waals surface area contributed by atoms with Crippen molar-refractivity contribution in [2.75, 3.05) is 0 Å².